The normalized spacial score (nSPS) is 15.0. The zero-order valence-electron chi connectivity index (χ0n) is 22.1. The van der Waals surface area contributed by atoms with Gasteiger partial charge in [0.05, 0.1) is 11.1 Å². The van der Waals surface area contributed by atoms with Crippen molar-refractivity contribution in [1.29, 1.82) is 0 Å². The van der Waals surface area contributed by atoms with E-state index in [1.54, 1.807) is 54.6 Å². The first-order valence-corrected chi connectivity index (χ1v) is 13.3. The molecule has 9 heteroatoms. The summed E-state index contributed by atoms with van der Waals surface area (Å²) in [7, 11) is 0. The Labute approximate surface area is 231 Å². The quantitative estimate of drug-likeness (QED) is 0.255. The number of amides is 4. The van der Waals surface area contributed by atoms with E-state index in [4.69, 9.17) is 4.74 Å². The molecule has 1 heterocycles. The van der Waals surface area contributed by atoms with Gasteiger partial charge in [0, 0.05) is 36.3 Å². The Morgan fingerprint density at radius 3 is 2.25 bits per heavy atom. The van der Waals surface area contributed by atoms with E-state index in [1.165, 1.54) is 24.0 Å². The molecular weight excluding hydrogens is 510 g/mol. The molecule has 4 amide bonds. The van der Waals surface area contributed by atoms with Crippen LogP contribution in [-0.2, 0) is 11.3 Å². The molecular formula is C31H29N3O6. The Balaban J connectivity index is 1.18. The second-order valence-corrected chi connectivity index (χ2v) is 9.99. The van der Waals surface area contributed by atoms with Gasteiger partial charge in [-0.05, 0) is 66.9 Å². The molecule has 1 fully saturated rings. The fourth-order valence-corrected chi connectivity index (χ4v) is 5.13. The molecule has 40 heavy (non-hydrogen) atoms. The van der Waals surface area contributed by atoms with Gasteiger partial charge in [0.15, 0.2) is 0 Å². The van der Waals surface area contributed by atoms with Crippen molar-refractivity contribution in [2.24, 2.45) is 0 Å². The van der Waals surface area contributed by atoms with Gasteiger partial charge in [-0.15, -0.1) is 0 Å². The van der Waals surface area contributed by atoms with Gasteiger partial charge in [-0.25, -0.2) is 0 Å². The molecule has 0 unspecified atom stereocenters. The maximum atomic E-state index is 13.1. The van der Waals surface area contributed by atoms with Crippen LogP contribution >= 0.6 is 0 Å². The molecule has 0 bridgehead atoms. The lowest BCUT2D eigenvalue weighted by Crippen LogP contribution is -2.40. The van der Waals surface area contributed by atoms with E-state index in [2.05, 4.69) is 10.6 Å². The molecule has 0 radical (unpaired) electrons. The molecule has 0 aromatic heterocycles. The maximum Gasteiger partial charge on any atom is 0.308 e. The Kier molecular flexibility index (Phi) is 7.72. The Morgan fingerprint density at radius 2 is 1.52 bits per heavy atom. The van der Waals surface area contributed by atoms with E-state index in [9.17, 15) is 24.0 Å². The largest absolute Gasteiger partial charge is 0.427 e. The summed E-state index contributed by atoms with van der Waals surface area (Å²) in [6.45, 7) is 1.54. The number of anilines is 1. The van der Waals surface area contributed by atoms with Gasteiger partial charge in [-0.2, -0.15) is 0 Å². The lowest BCUT2D eigenvalue weighted by molar-refractivity contribution is -0.131. The number of imide groups is 1. The molecule has 0 spiro atoms. The summed E-state index contributed by atoms with van der Waals surface area (Å²) in [6, 6.07) is 17.9. The highest BCUT2D eigenvalue weighted by molar-refractivity contribution is 6.22. The van der Waals surface area contributed by atoms with Crippen LogP contribution in [0.1, 0.15) is 86.0 Å². The van der Waals surface area contributed by atoms with Crippen molar-refractivity contribution in [3.8, 4) is 5.75 Å². The molecule has 1 aliphatic carbocycles. The van der Waals surface area contributed by atoms with Crippen LogP contribution in [0.5, 0.6) is 5.75 Å². The molecule has 3 aromatic carbocycles. The molecule has 204 valence electrons. The average molecular weight is 540 g/mol. The predicted octanol–water partition coefficient (Wildman–Crippen LogP) is 4.72. The van der Waals surface area contributed by atoms with Crippen LogP contribution in [-0.4, -0.2) is 40.5 Å². The van der Waals surface area contributed by atoms with Crippen molar-refractivity contribution < 1.29 is 28.7 Å². The standard InChI is InChI=1S/C31H29N3O6/c1-19(35)40-25-9-5-6-21(16-25)28(36)32-18-20-10-13-23(14-11-20)33-29(37)22-12-15-26-27(17-22)31(39)34(30(26)38)24-7-3-2-4-8-24/h5-6,9-17,24H,2-4,7-8,18H2,1H3,(H,32,36)(H,33,37). The summed E-state index contributed by atoms with van der Waals surface area (Å²) in [5.41, 5.74) is 2.62. The third-order valence-electron chi connectivity index (χ3n) is 7.14. The van der Waals surface area contributed by atoms with E-state index < -0.39 is 11.9 Å². The number of carbonyl (C=O) groups excluding carboxylic acids is 5. The molecule has 2 N–H and O–H groups in total. The number of esters is 1. The number of nitrogens with one attached hydrogen (secondary N) is 2. The lowest BCUT2D eigenvalue weighted by Gasteiger charge is -2.29. The van der Waals surface area contributed by atoms with E-state index in [0.29, 0.717) is 22.6 Å². The minimum absolute atomic E-state index is 0.0763. The Morgan fingerprint density at radius 1 is 0.825 bits per heavy atom. The van der Waals surface area contributed by atoms with Gasteiger partial charge in [-0.3, -0.25) is 28.9 Å². The van der Waals surface area contributed by atoms with Gasteiger partial charge in [-0.1, -0.05) is 37.5 Å². The van der Waals surface area contributed by atoms with Crippen molar-refractivity contribution in [3.05, 3.63) is 94.5 Å². The highest BCUT2D eigenvalue weighted by atomic mass is 16.5. The Hall–Kier alpha value is -4.79. The zero-order chi connectivity index (χ0) is 28.2. The highest BCUT2D eigenvalue weighted by Gasteiger charge is 2.40. The minimum Gasteiger partial charge on any atom is -0.427 e. The minimum atomic E-state index is -0.467. The first kappa shape index (κ1) is 26.8. The van der Waals surface area contributed by atoms with Crippen LogP contribution < -0.4 is 15.4 Å². The predicted molar refractivity (Wildman–Crippen MR) is 147 cm³/mol. The van der Waals surface area contributed by atoms with Crippen LogP contribution in [0.3, 0.4) is 0 Å². The number of nitrogens with zero attached hydrogens (tertiary/aromatic N) is 1. The summed E-state index contributed by atoms with van der Waals surface area (Å²) in [6.07, 6.45) is 4.77. The first-order valence-electron chi connectivity index (χ1n) is 13.3. The fraction of sp³-hybridized carbons (Fsp3) is 0.258. The van der Waals surface area contributed by atoms with Crippen molar-refractivity contribution in [2.45, 2.75) is 51.6 Å². The molecule has 9 nitrogen and oxygen atoms in total. The fourth-order valence-electron chi connectivity index (χ4n) is 5.13. The van der Waals surface area contributed by atoms with Crippen LogP contribution in [0.2, 0.25) is 0 Å². The molecule has 0 saturated heterocycles. The zero-order valence-corrected chi connectivity index (χ0v) is 22.1. The first-order chi connectivity index (χ1) is 19.3. The summed E-state index contributed by atoms with van der Waals surface area (Å²) in [4.78, 5) is 63.9. The maximum absolute atomic E-state index is 13.1. The molecule has 3 aromatic rings. The van der Waals surface area contributed by atoms with Crippen LogP contribution in [0.15, 0.2) is 66.7 Å². The van der Waals surface area contributed by atoms with Crippen molar-refractivity contribution in [1.82, 2.24) is 10.2 Å². The Bertz CT molecular complexity index is 1490. The van der Waals surface area contributed by atoms with Crippen LogP contribution in [0.4, 0.5) is 5.69 Å². The molecule has 2 aliphatic rings. The summed E-state index contributed by atoms with van der Waals surface area (Å²) in [5.74, 6) is -1.50. The van der Waals surface area contributed by atoms with Gasteiger partial charge in [0.1, 0.15) is 5.75 Å². The smallest absolute Gasteiger partial charge is 0.308 e. The number of carbonyl (C=O) groups is 5. The third kappa shape index (κ3) is 5.78. The van der Waals surface area contributed by atoms with Crippen LogP contribution in [0.25, 0.3) is 0 Å². The van der Waals surface area contributed by atoms with Gasteiger partial charge in [0.2, 0.25) is 0 Å². The molecule has 1 aliphatic heterocycles. The monoisotopic (exact) mass is 539 g/mol. The number of hydrogen-bond donors (Lipinski definition) is 2. The van der Waals surface area contributed by atoms with E-state index >= 15 is 0 Å². The summed E-state index contributed by atoms with van der Waals surface area (Å²) in [5, 5.41) is 5.62. The number of fused-ring (bicyclic) bond motifs is 1. The highest BCUT2D eigenvalue weighted by Crippen LogP contribution is 2.31. The third-order valence-corrected chi connectivity index (χ3v) is 7.14. The topological polar surface area (TPSA) is 122 Å². The van der Waals surface area contributed by atoms with E-state index in [-0.39, 0.29) is 41.4 Å². The number of hydrogen-bond acceptors (Lipinski definition) is 6. The molecule has 0 atom stereocenters. The van der Waals surface area contributed by atoms with Gasteiger partial charge < -0.3 is 15.4 Å². The van der Waals surface area contributed by atoms with Crippen molar-refractivity contribution in [2.75, 3.05) is 5.32 Å². The number of ether oxygens (including phenoxy) is 1. The molecule has 1 saturated carbocycles. The second-order valence-electron chi connectivity index (χ2n) is 9.99. The van der Waals surface area contributed by atoms with Gasteiger partial charge >= 0.3 is 5.97 Å². The number of benzene rings is 3. The van der Waals surface area contributed by atoms with E-state index in [0.717, 1.165) is 37.7 Å². The summed E-state index contributed by atoms with van der Waals surface area (Å²) < 4.78 is 5.02. The van der Waals surface area contributed by atoms with Crippen molar-refractivity contribution >= 4 is 35.3 Å². The van der Waals surface area contributed by atoms with Crippen LogP contribution in [0, 0.1) is 0 Å². The second kappa shape index (κ2) is 11.5. The SMILES string of the molecule is CC(=O)Oc1cccc(C(=O)NCc2ccc(NC(=O)c3ccc4c(c3)C(=O)N(C3CCCCC3)C4=O)cc2)c1. The number of rotatable bonds is 7. The summed E-state index contributed by atoms with van der Waals surface area (Å²) >= 11 is 0. The van der Waals surface area contributed by atoms with E-state index in [1.807, 2.05) is 0 Å². The average Bonchev–Trinajstić information content (AvgIpc) is 3.21. The van der Waals surface area contributed by atoms with Gasteiger partial charge in [0.25, 0.3) is 23.6 Å². The lowest BCUT2D eigenvalue weighted by atomic mass is 9.94. The van der Waals surface area contributed by atoms with Crippen molar-refractivity contribution in [3.63, 3.8) is 0 Å². The molecule has 5 rings (SSSR count).